The van der Waals surface area contributed by atoms with Crippen molar-refractivity contribution < 1.29 is 29.4 Å². The number of nitrogens with one attached hydrogen (secondary N) is 4. The fourth-order valence-electron chi connectivity index (χ4n) is 3.43. The average Bonchev–Trinajstić information content (AvgIpc) is 3.23. The van der Waals surface area contributed by atoms with Crippen molar-refractivity contribution in [2.45, 2.75) is 57.8 Å². The molecule has 5 atom stereocenters. The largest absolute Gasteiger partial charge is 0.480 e. The van der Waals surface area contributed by atoms with Crippen LogP contribution in [0.2, 0.25) is 0 Å². The summed E-state index contributed by atoms with van der Waals surface area (Å²) in [5.74, 6) is -3.53. The summed E-state index contributed by atoms with van der Waals surface area (Å²) < 4.78 is 0. The molecule has 1 aromatic heterocycles. The van der Waals surface area contributed by atoms with Gasteiger partial charge in [0.2, 0.25) is 17.7 Å². The molecule has 2 aromatic rings. The third-order valence-corrected chi connectivity index (χ3v) is 5.79. The number of rotatable bonds is 12. The lowest BCUT2D eigenvalue weighted by molar-refractivity contribution is -0.143. The highest BCUT2D eigenvalue weighted by molar-refractivity contribution is 5.94. The van der Waals surface area contributed by atoms with Crippen LogP contribution in [0.15, 0.2) is 30.5 Å². The van der Waals surface area contributed by atoms with Gasteiger partial charge in [0.15, 0.2) is 0 Å². The first-order valence-corrected chi connectivity index (χ1v) is 11.1. The highest BCUT2D eigenvalue weighted by atomic mass is 16.4. The number of fused-ring (bicyclic) bond motifs is 1. The molecular formula is C23H33N5O6. The molecule has 0 aliphatic rings. The van der Waals surface area contributed by atoms with Crippen molar-refractivity contribution in [2.75, 3.05) is 6.61 Å². The third-order valence-electron chi connectivity index (χ3n) is 5.79. The van der Waals surface area contributed by atoms with Crippen molar-refractivity contribution in [1.29, 1.82) is 0 Å². The van der Waals surface area contributed by atoms with E-state index in [1.165, 1.54) is 6.92 Å². The van der Waals surface area contributed by atoms with Crippen LogP contribution in [0.3, 0.4) is 0 Å². The first kappa shape index (κ1) is 26.8. The van der Waals surface area contributed by atoms with Crippen molar-refractivity contribution in [1.82, 2.24) is 20.9 Å². The zero-order valence-electron chi connectivity index (χ0n) is 19.5. The van der Waals surface area contributed by atoms with E-state index in [4.69, 9.17) is 10.8 Å². The van der Waals surface area contributed by atoms with Crippen molar-refractivity contribution in [3.63, 3.8) is 0 Å². The number of para-hydroxylation sites is 1. The van der Waals surface area contributed by atoms with Crippen LogP contribution in [0, 0.1) is 5.92 Å². The van der Waals surface area contributed by atoms with E-state index >= 15 is 0 Å². The minimum absolute atomic E-state index is 0.0885. The van der Waals surface area contributed by atoms with Gasteiger partial charge in [0.05, 0.1) is 6.61 Å². The number of aromatic amines is 1. The number of aliphatic hydroxyl groups is 1. The fraction of sp³-hybridized carbons (Fsp3) is 0.478. The van der Waals surface area contributed by atoms with Crippen LogP contribution in [0.5, 0.6) is 0 Å². The van der Waals surface area contributed by atoms with Gasteiger partial charge in [0, 0.05) is 23.5 Å². The van der Waals surface area contributed by atoms with E-state index in [0.29, 0.717) is 6.42 Å². The maximum absolute atomic E-state index is 13.1. The van der Waals surface area contributed by atoms with E-state index in [9.17, 15) is 24.3 Å². The standard InChI is InChI=1S/C23H33N5O6/c1-4-12(2)19(23(33)34)28-22(32)18(9-14-10-25-17-8-6-5-7-15(14)17)27-20(30)13(3)26-21(31)16(24)11-29/h5-8,10,12-13,16,18-19,25,29H,4,9,11,24H2,1-3H3,(H,26,31)(H,27,30)(H,28,32)(H,33,34). The molecule has 1 aromatic carbocycles. The molecule has 1 heterocycles. The summed E-state index contributed by atoms with van der Waals surface area (Å²) in [6, 6.07) is 2.98. The van der Waals surface area contributed by atoms with Gasteiger partial charge in [-0.15, -0.1) is 0 Å². The number of carbonyl (C=O) groups excluding carboxylic acids is 3. The Morgan fingerprint density at radius 2 is 1.71 bits per heavy atom. The lowest BCUT2D eigenvalue weighted by atomic mass is 9.98. The van der Waals surface area contributed by atoms with Gasteiger partial charge in [0.25, 0.3) is 0 Å². The van der Waals surface area contributed by atoms with Crippen molar-refractivity contribution in [3.05, 3.63) is 36.0 Å². The Labute approximate surface area is 197 Å². The zero-order valence-corrected chi connectivity index (χ0v) is 19.5. The van der Waals surface area contributed by atoms with E-state index in [-0.39, 0.29) is 12.3 Å². The van der Waals surface area contributed by atoms with E-state index in [1.807, 2.05) is 31.2 Å². The first-order chi connectivity index (χ1) is 16.1. The van der Waals surface area contributed by atoms with Gasteiger partial charge in [-0.3, -0.25) is 14.4 Å². The molecule has 0 saturated carbocycles. The van der Waals surface area contributed by atoms with Crippen LogP contribution in [0.1, 0.15) is 32.8 Å². The molecule has 0 aliphatic heterocycles. The molecule has 0 spiro atoms. The number of hydrogen-bond acceptors (Lipinski definition) is 6. The number of aliphatic hydroxyl groups excluding tert-OH is 1. The van der Waals surface area contributed by atoms with Crippen LogP contribution in [-0.4, -0.2) is 69.7 Å². The summed E-state index contributed by atoms with van der Waals surface area (Å²) in [5, 5.41) is 27.0. The Bertz CT molecular complexity index is 1020. The highest BCUT2D eigenvalue weighted by Gasteiger charge is 2.31. The Morgan fingerprint density at radius 3 is 2.32 bits per heavy atom. The number of nitrogens with two attached hydrogens (primary N) is 1. The van der Waals surface area contributed by atoms with Gasteiger partial charge in [-0.05, 0) is 24.5 Å². The average molecular weight is 476 g/mol. The number of benzene rings is 1. The van der Waals surface area contributed by atoms with E-state index in [1.54, 1.807) is 13.1 Å². The smallest absolute Gasteiger partial charge is 0.326 e. The molecule has 186 valence electrons. The van der Waals surface area contributed by atoms with E-state index in [0.717, 1.165) is 16.5 Å². The van der Waals surface area contributed by atoms with Gasteiger partial charge >= 0.3 is 5.97 Å². The molecule has 2 rings (SSSR count). The normalized spacial score (nSPS) is 15.6. The maximum atomic E-state index is 13.1. The van der Waals surface area contributed by atoms with Crippen molar-refractivity contribution in [2.24, 2.45) is 11.7 Å². The number of aromatic nitrogens is 1. The summed E-state index contributed by atoms with van der Waals surface area (Å²) >= 11 is 0. The Morgan fingerprint density at radius 1 is 1.03 bits per heavy atom. The number of H-pyrrole nitrogens is 1. The first-order valence-electron chi connectivity index (χ1n) is 11.1. The van der Waals surface area contributed by atoms with Crippen LogP contribution in [0.4, 0.5) is 0 Å². The van der Waals surface area contributed by atoms with Gasteiger partial charge in [-0.2, -0.15) is 0 Å². The van der Waals surface area contributed by atoms with Gasteiger partial charge in [0.1, 0.15) is 24.2 Å². The Hall–Kier alpha value is -3.44. The molecule has 0 aliphatic carbocycles. The fourth-order valence-corrected chi connectivity index (χ4v) is 3.43. The van der Waals surface area contributed by atoms with Gasteiger partial charge < -0.3 is 36.9 Å². The number of hydrogen-bond donors (Lipinski definition) is 7. The van der Waals surface area contributed by atoms with Crippen LogP contribution >= 0.6 is 0 Å². The lowest BCUT2D eigenvalue weighted by Crippen LogP contribution is -2.57. The van der Waals surface area contributed by atoms with Gasteiger partial charge in [-0.25, -0.2) is 4.79 Å². The molecule has 34 heavy (non-hydrogen) atoms. The molecule has 5 unspecified atom stereocenters. The van der Waals surface area contributed by atoms with Crippen LogP contribution in [-0.2, 0) is 25.6 Å². The second-order valence-corrected chi connectivity index (χ2v) is 8.35. The predicted molar refractivity (Wildman–Crippen MR) is 126 cm³/mol. The molecule has 0 radical (unpaired) electrons. The Balaban J connectivity index is 2.25. The molecule has 11 heteroatoms. The predicted octanol–water partition coefficient (Wildman–Crippen LogP) is -0.365. The Kier molecular flexibility index (Phi) is 9.58. The van der Waals surface area contributed by atoms with Crippen LogP contribution in [0.25, 0.3) is 10.9 Å². The number of carboxylic acids is 1. The SMILES string of the molecule is CCC(C)C(NC(=O)C(Cc1c[nH]c2ccccc12)NC(=O)C(C)NC(=O)C(N)CO)C(=O)O. The molecule has 3 amide bonds. The third kappa shape index (κ3) is 6.78. The lowest BCUT2D eigenvalue weighted by Gasteiger charge is -2.25. The summed E-state index contributed by atoms with van der Waals surface area (Å²) in [6.07, 6.45) is 2.35. The molecular weight excluding hydrogens is 442 g/mol. The quantitative estimate of drug-likeness (QED) is 0.218. The van der Waals surface area contributed by atoms with Crippen molar-refractivity contribution >= 4 is 34.6 Å². The minimum Gasteiger partial charge on any atom is -0.480 e. The molecule has 0 bridgehead atoms. The van der Waals surface area contributed by atoms with Crippen molar-refractivity contribution in [3.8, 4) is 0 Å². The second-order valence-electron chi connectivity index (χ2n) is 8.35. The topological polar surface area (TPSA) is 187 Å². The molecule has 0 fully saturated rings. The molecule has 8 N–H and O–H groups in total. The molecule has 0 saturated heterocycles. The maximum Gasteiger partial charge on any atom is 0.326 e. The number of carboxylic acid groups (broad SMARTS) is 1. The summed E-state index contributed by atoms with van der Waals surface area (Å²) in [6.45, 7) is 4.36. The number of carbonyl (C=O) groups is 4. The summed E-state index contributed by atoms with van der Waals surface area (Å²) in [7, 11) is 0. The van der Waals surface area contributed by atoms with Gasteiger partial charge in [-0.1, -0.05) is 38.5 Å². The number of aliphatic carboxylic acids is 1. The summed E-state index contributed by atoms with van der Waals surface area (Å²) in [4.78, 5) is 52.6. The van der Waals surface area contributed by atoms with Crippen LogP contribution < -0.4 is 21.7 Å². The minimum atomic E-state index is -1.19. The number of amides is 3. The summed E-state index contributed by atoms with van der Waals surface area (Å²) in [5.41, 5.74) is 7.07. The zero-order chi connectivity index (χ0) is 25.4. The van der Waals surface area contributed by atoms with E-state index < -0.39 is 54.5 Å². The second kappa shape index (κ2) is 12.1. The monoisotopic (exact) mass is 475 g/mol. The molecule has 11 nitrogen and oxygen atoms in total. The highest BCUT2D eigenvalue weighted by Crippen LogP contribution is 2.19. The van der Waals surface area contributed by atoms with E-state index in [2.05, 4.69) is 20.9 Å².